The largest absolute Gasteiger partial charge is 0.324 e. The second kappa shape index (κ2) is 7.33. The van der Waals surface area contributed by atoms with Crippen molar-refractivity contribution >= 4 is 27.9 Å². The van der Waals surface area contributed by atoms with Gasteiger partial charge in [0.05, 0.1) is 35.9 Å². The van der Waals surface area contributed by atoms with Crippen LogP contribution < -0.4 is 5.32 Å². The molecule has 3 aromatic heterocycles. The Hall–Kier alpha value is -3.78. The zero-order valence-electron chi connectivity index (χ0n) is 15.3. The summed E-state index contributed by atoms with van der Waals surface area (Å²) in [6.07, 6.45) is 5.57. The fraction of sp³-hybridized carbons (Fsp3) is 0.0476. The summed E-state index contributed by atoms with van der Waals surface area (Å²) in [5.41, 5.74) is 4.31. The van der Waals surface area contributed by atoms with Gasteiger partial charge in [0.1, 0.15) is 0 Å². The monoisotopic (exact) mass is 400 g/mol. The topological polar surface area (TPSA) is 77.1 Å². The average Bonchev–Trinajstić information content (AvgIpc) is 3.48. The van der Waals surface area contributed by atoms with Gasteiger partial charge in [0.2, 0.25) is 5.91 Å². The van der Waals surface area contributed by atoms with Crippen molar-refractivity contribution in [2.24, 2.45) is 0 Å². The number of benzene rings is 2. The number of hydrogen-bond acceptors (Lipinski definition) is 5. The van der Waals surface area contributed by atoms with Gasteiger partial charge < -0.3 is 5.32 Å². The van der Waals surface area contributed by atoms with Crippen LogP contribution >= 0.6 is 11.3 Å². The number of anilines is 1. The van der Waals surface area contributed by atoms with Crippen molar-refractivity contribution in [1.29, 1.82) is 0 Å². The molecule has 0 spiro atoms. The molecule has 0 atom stereocenters. The molecule has 5 aromatic rings. The van der Waals surface area contributed by atoms with Crippen LogP contribution in [0, 0.1) is 0 Å². The number of aromatic nitrogens is 5. The van der Waals surface area contributed by atoms with E-state index in [0.29, 0.717) is 5.69 Å². The van der Waals surface area contributed by atoms with Crippen LogP contribution in [0.2, 0.25) is 0 Å². The summed E-state index contributed by atoms with van der Waals surface area (Å²) >= 11 is 1.53. The van der Waals surface area contributed by atoms with Gasteiger partial charge in [-0.25, -0.2) is 9.67 Å². The highest BCUT2D eigenvalue weighted by atomic mass is 32.1. The third-order valence-corrected chi connectivity index (χ3v) is 5.43. The van der Waals surface area contributed by atoms with Crippen molar-refractivity contribution < 1.29 is 4.79 Å². The lowest BCUT2D eigenvalue weighted by Crippen LogP contribution is -2.17. The van der Waals surface area contributed by atoms with Crippen LogP contribution in [0.5, 0.6) is 0 Å². The Kier molecular flexibility index (Phi) is 4.38. The maximum atomic E-state index is 12.7. The average molecular weight is 400 g/mol. The number of nitrogens with zero attached hydrogens (tertiary/aromatic N) is 5. The zero-order valence-corrected chi connectivity index (χ0v) is 16.1. The molecule has 29 heavy (non-hydrogen) atoms. The van der Waals surface area contributed by atoms with E-state index in [-0.39, 0.29) is 12.3 Å². The van der Waals surface area contributed by atoms with Gasteiger partial charge in [0.25, 0.3) is 0 Å². The van der Waals surface area contributed by atoms with Gasteiger partial charge in [0.15, 0.2) is 4.96 Å². The summed E-state index contributed by atoms with van der Waals surface area (Å²) in [7, 11) is 0. The first-order chi connectivity index (χ1) is 14.3. The Morgan fingerprint density at radius 3 is 2.72 bits per heavy atom. The first-order valence-corrected chi connectivity index (χ1v) is 9.92. The fourth-order valence-electron chi connectivity index (χ4n) is 3.18. The zero-order chi connectivity index (χ0) is 19.6. The quantitative estimate of drug-likeness (QED) is 0.486. The van der Waals surface area contributed by atoms with Gasteiger partial charge in [-0.15, -0.1) is 16.4 Å². The first kappa shape index (κ1) is 17.3. The van der Waals surface area contributed by atoms with Crippen LogP contribution in [-0.2, 0) is 11.2 Å². The van der Waals surface area contributed by atoms with E-state index in [1.54, 1.807) is 17.1 Å². The van der Waals surface area contributed by atoms with E-state index in [1.807, 2.05) is 70.6 Å². The summed E-state index contributed by atoms with van der Waals surface area (Å²) in [4.78, 5) is 18.3. The third kappa shape index (κ3) is 3.41. The second-order valence-corrected chi connectivity index (χ2v) is 7.30. The molecule has 0 bridgehead atoms. The van der Waals surface area contributed by atoms with Crippen LogP contribution in [0.1, 0.15) is 5.69 Å². The highest BCUT2D eigenvalue weighted by Crippen LogP contribution is 2.24. The number of thiazole rings is 1. The van der Waals surface area contributed by atoms with E-state index in [2.05, 4.69) is 20.6 Å². The molecule has 142 valence electrons. The molecule has 0 aliphatic rings. The lowest BCUT2D eigenvalue weighted by Gasteiger charge is -2.10. The molecule has 5 rings (SSSR count). The maximum absolute atomic E-state index is 12.7. The molecule has 0 unspecified atom stereocenters. The number of hydrogen-bond donors (Lipinski definition) is 1. The molecule has 8 heteroatoms. The molecular weight excluding hydrogens is 384 g/mol. The summed E-state index contributed by atoms with van der Waals surface area (Å²) in [6.45, 7) is 0. The smallest absolute Gasteiger partial charge is 0.230 e. The minimum atomic E-state index is -0.104. The van der Waals surface area contributed by atoms with Crippen molar-refractivity contribution in [3.63, 3.8) is 0 Å². The van der Waals surface area contributed by atoms with E-state index in [4.69, 9.17) is 0 Å². The predicted molar refractivity (Wildman–Crippen MR) is 112 cm³/mol. The molecule has 0 fully saturated rings. The number of nitrogens with one attached hydrogen (secondary N) is 1. The van der Waals surface area contributed by atoms with Crippen LogP contribution in [0.15, 0.2) is 78.6 Å². The van der Waals surface area contributed by atoms with E-state index in [9.17, 15) is 4.79 Å². The number of fused-ring (bicyclic) bond motifs is 1. The standard InChI is InChI=1S/C21H16N6OS/c28-20(23-17-8-4-5-9-19(17)27-11-10-22-25-27)12-16-14-29-21-24-18(13-26(16)21)15-6-2-1-3-7-15/h1-11,13-14H,12H2,(H,23,28). The number of rotatable bonds is 5. The van der Waals surface area contributed by atoms with Crippen molar-refractivity contribution in [2.45, 2.75) is 6.42 Å². The third-order valence-electron chi connectivity index (χ3n) is 4.54. The van der Waals surface area contributed by atoms with Crippen molar-refractivity contribution in [2.75, 3.05) is 5.32 Å². The molecule has 7 nitrogen and oxygen atoms in total. The normalized spacial score (nSPS) is 11.0. The van der Waals surface area contributed by atoms with Crippen molar-refractivity contribution in [3.8, 4) is 16.9 Å². The number of carbonyl (C=O) groups is 1. The molecule has 1 amide bonds. The molecule has 0 aliphatic carbocycles. The molecule has 1 N–H and O–H groups in total. The van der Waals surface area contributed by atoms with Gasteiger partial charge >= 0.3 is 0 Å². The molecule has 0 radical (unpaired) electrons. The molecule has 2 aromatic carbocycles. The minimum Gasteiger partial charge on any atom is -0.324 e. The van der Waals surface area contributed by atoms with Gasteiger partial charge in [-0.05, 0) is 12.1 Å². The minimum absolute atomic E-state index is 0.104. The highest BCUT2D eigenvalue weighted by molar-refractivity contribution is 7.15. The van der Waals surface area contributed by atoms with E-state index in [0.717, 1.165) is 27.6 Å². The SMILES string of the molecule is O=C(Cc1csc2nc(-c3ccccc3)cn12)Nc1ccccc1-n1ccnn1. The Bertz CT molecular complexity index is 1270. The summed E-state index contributed by atoms with van der Waals surface area (Å²) in [5.74, 6) is -0.104. The van der Waals surface area contributed by atoms with E-state index < -0.39 is 0 Å². The van der Waals surface area contributed by atoms with Crippen molar-refractivity contribution in [1.82, 2.24) is 24.4 Å². The summed E-state index contributed by atoms with van der Waals surface area (Å²) < 4.78 is 3.61. The maximum Gasteiger partial charge on any atom is 0.230 e. The van der Waals surface area contributed by atoms with Crippen molar-refractivity contribution in [3.05, 3.63) is 84.3 Å². The van der Waals surface area contributed by atoms with E-state index >= 15 is 0 Å². The van der Waals surface area contributed by atoms with Gasteiger partial charge in [0, 0.05) is 22.8 Å². The lowest BCUT2D eigenvalue weighted by molar-refractivity contribution is -0.115. The van der Waals surface area contributed by atoms with E-state index in [1.165, 1.54) is 11.3 Å². The van der Waals surface area contributed by atoms with Gasteiger partial charge in [-0.2, -0.15) is 0 Å². The summed E-state index contributed by atoms with van der Waals surface area (Å²) in [5, 5.41) is 12.8. The molecule has 0 aliphatic heterocycles. The summed E-state index contributed by atoms with van der Waals surface area (Å²) in [6, 6.07) is 17.5. The highest BCUT2D eigenvalue weighted by Gasteiger charge is 2.14. The first-order valence-electron chi connectivity index (χ1n) is 9.04. The Morgan fingerprint density at radius 1 is 1.07 bits per heavy atom. The van der Waals surface area contributed by atoms with Gasteiger partial charge in [-0.3, -0.25) is 9.20 Å². The van der Waals surface area contributed by atoms with Crippen LogP contribution in [0.3, 0.4) is 0 Å². The van der Waals surface area contributed by atoms with Gasteiger partial charge in [-0.1, -0.05) is 47.7 Å². The van der Waals surface area contributed by atoms with Crippen LogP contribution in [-0.4, -0.2) is 30.3 Å². The number of carbonyl (C=O) groups excluding carboxylic acids is 1. The Labute approximate surface area is 170 Å². The van der Waals surface area contributed by atoms with Crippen LogP contribution in [0.4, 0.5) is 5.69 Å². The molecule has 0 saturated carbocycles. The fourth-order valence-corrected chi connectivity index (χ4v) is 4.05. The Morgan fingerprint density at radius 2 is 1.90 bits per heavy atom. The molecular formula is C21H16N6OS. The van der Waals surface area contributed by atoms with Crippen LogP contribution in [0.25, 0.3) is 21.9 Å². The molecule has 0 saturated heterocycles. The molecule has 3 heterocycles. The predicted octanol–water partition coefficient (Wildman–Crippen LogP) is 3.82. The number of amides is 1. The second-order valence-electron chi connectivity index (χ2n) is 6.46. The Balaban J connectivity index is 1.38. The number of para-hydroxylation sites is 2. The lowest BCUT2D eigenvalue weighted by atomic mass is 10.2. The number of imidazole rings is 1.